The number of hydrogen-bond acceptors (Lipinski definition) is 10. The van der Waals surface area contributed by atoms with Crippen LogP contribution in [0.3, 0.4) is 0 Å². The molecule has 0 aromatic rings. The van der Waals surface area contributed by atoms with E-state index >= 15 is 0 Å². The van der Waals surface area contributed by atoms with Gasteiger partial charge in [0.1, 0.15) is 12.7 Å². The number of esters is 3. The molecule has 0 radical (unpaired) electrons. The molecule has 0 aromatic heterocycles. The predicted octanol–water partition coefficient (Wildman–Crippen LogP) is 17.1. The highest BCUT2D eigenvalue weighted by molar-refractivity contribution is 7.47. The molecule has 2 N–H and O–H groups in total. The normalized spacial score (nSPS) is 14.4. The molecule has 0 rings (SSSR count). The molecule has 0 saturated heterocycles. The van der Waals surface area contributed by atoms with Gasteiger partial charge >= 0.3 is 25.7 Å². The maximum Gasteiger partial charge on any atom is 0.472 e. The summed E-state index contributed by atoms with van der Waals surface area (Å²) in [6.07, 6.45) is 72.5. The number of unbranched alkanes of at least 4 members (excludes halogenated alkanes) is 10. The van der Waals surface area contributed by atoms with E-state index in [9.17, 15) is 28.9 Å². The minimum absolute atomic E-state index is 0.0294. The highest BCUT2D eigenvalue weighted by atomic mass is 31.2. The summed E-state index contributed by atoms with van der Waals surface area (Å²) in [5.74, 6) is -1.63. The van der Waals surface area contributed by atoms with Crippen molar-refractivity contribution in [2.75, 3.05) is 26.4 Å². The van der Waals surface area contributed by atoms with Gasteiger partial charge in [-0.05, 0) is 122 Å². The number of phosphoric acid groups is 1. The van der Waals surface area contributed by atoms with Gasteiger partial charge in [-0.2, -0.15) is 0 Å². The lowest BCUT2D eigenvalue weighted by Crippen LogP contribution is -2.30. The van der Waals surface area contributed by atoms with E-state index in [0.717, 1.165) is 128 Å². The van der Waals surface area contributed by atoms with Crippen molar-refractivity contribution in [1.29, 1.82) is 0 Å². The van der Waals surface area contributed by atoms with E-state index in [2.05, 4.69) is 154 Å². The first-order valence-corrected chi connectivity index (χ1v) is 30.2. The fourth-order valence-electron chi connectivity index (χ4n) is 7.00. The van der Waals surface area contributed by atoms with Gasteiger partial charge in [0.2, 0.25) is 0 Å². The number of aliphatic hydroxyl groups excluding tert-OH is 1. The molecular weight excluding hydrogens is 976 g/mol. The van der Waals surface area contributed by atoms with E-state index in [1.54, 1.807) is 0 Å². The summed E-state index contributed by atoms with van der Waals surface area (Å²) in [5.41, 5.74) is 0. The summed E-state index contributed by atoms with van der Waals surface area (Å²) in [5, 5.41) is 9.80. The predicted molar refractivity (Wildman–Crippen MR) is 316 cm³/mol. The third kappa shape index (κ3) is 54.2. The quantitative estimate of drug-likeness (QED) is 0.0197. The molecule has 0 aliphatic carbocycles. The van der Waals surface area contributed by atoms with E-state index in [-0.39, 0.29) is 25.9 Å². The van der Waals surface area contributed by atoms with Crippen molar-refractivity contribution in [1.82, 2.24) is 0 Å². The van der Waals surface area contributed by atoms with E-state index in [1.165, 1.54) is 6.42 Å². The Bertz CT molecular complexity index is 1830. The Morgan fingerprint density at radius 3 is 1.08 bits per heavy atom. The number of phosphoric ester groups is 1. The Labute approximate surface area is 461 Å². The highest BCUT2D eigenvalue weighted by Crippen LogP contribution is 2.43. The van der Waals surface area contributed by atoms with Crippen LogP contribution in [0.1, 0.15) is 201 Å². The minimum Gasteiger partial charge on any atom is -0.462 e. The molecule has 11 nitrogen and oxygen atoms in total. The Morgan fingerprint density at radius 1 is 0.368 bits per heavy atom. The molecule has 0 spiro atoms. The second-order valence-electron chi connectivity index (χ2n) is 18.3. The molecule has 0 fully saturated rings. The molecule has 0 amide bonds. The second kappa shape index (κ2) is 56.6. The molecule has 3 unspecified atom stereocenters. The highest BCUT2D eigenvalue weighted by Gasteiger charge is 2.28. The zero-order chi connectivity index (χ0) is 55.5. The monoisotopic (exact) mass is 1080 g/mol. The molecule has 0 saturated carbocycles. The van der Waals surface area contributed by atoms with Gasteiger partial charge in [-0.1, -0.05) is 205 Å². The van der Waals surface area contributed by atoms with Crippen molar-refractivity contribution in [3.05, 3.63) is 146 Å². The van der Waals surface area contributed by atoms with Crippen LogP contribution in [-0.4, -0.2) is 66.5 Å². The summed E-state index contributed by atoms with van der Waals surface area (Å²) in [6.45, 7) is 4.15. The fraction of sp³-hybridized carbons (Fsp3) is 0.578. The Hall–Kier alpha value is -4.64. The van der Waals surface area contributed by atoms with Gasteiger partial charge in [0, 0.05) is 19.3 Å². The molecule has 12 heteroatoms. The average molecular weight is 1080 g/mol. The maximum atomic E-state index is 12.9. The third-order valence-corrected chi connectivity index (χ3v) is 12.2. The third-order valence-electron chi connectivity index (χ3n) is 11.3. The largest absolute Gasteiger partial charge is 0.472 e. The van der Waals surface area contributed by atoms with Crippen LogP contribution in [0.4, 0.5) is 0 Å². The Kier molecular flexibility index (Phi) is 53.1. The van der Waals surface area contributed by atoms with Crippen LogP contribution in [-0.2, 0) is 42.2 Å². The molecule has 0 aliphatic heterocycles. The molecule has 0 aromatic carbocycles. The molecule has 3 atom stereocenters. The SMILES string of the molecule is CC/C=C\C/C=C\C/C=C\C/C=C\C/C=C\C/C=C\CCC(=O)OC(COC(=O)CCCCCCCCC/C=C\C/C=C\C/C=C\CC)COP(=O)(O)OCC(CO)OC(=O)CCCCC/C=C\C/C=C\C/C=C\CC. The summed E-state index contributed by atoms with van der Waals surface area (Å²) in [6, 6.07) is 0. The van der Waals surface area contributed by atoms with Crippen LogP contribution in [0.15, 0.2) is 146 Å². The van der Waals surface area contributed by atoms with Gasteiger partial charge in [-0.3, -0.25) is 23.4 Å². The van der Waals surface area contributed by atoms with E-state index in [1.807, 2.05) is 12.2 Å². The first-order valence-electron chi connectivity index (χ1n) is 28.7. The van der Waals surface area contributed by atoms with Crippen LogP contribution < -0.4 is 0 Å². The van der Waals surface area contributed by atoms with Crippen molar-refractivity contribution in [3.8, 4) is 0 Å². The van der Waals surface area contributed by atoms with Crippen LogP contribution in [0.5, 0.6) is 0 Å². The average Bonchev–Trinajstić information content (AvgIpc) is 3.41. The van der Waals surface area contributed by atoms with Gasteiger partial charge in [0.05, 0.1) is 19.8 Å². The zero-order valence-electron chi connectivity index (χ0n) is 47.2. The number of hydrogen-bond donors (Lipinski definition) is 2. The van der Waals surface area contributed by atoms with E-state index in [4.69, 9.17) is 23.3 Å². The molecule has 0 heterocycles. The van der Waals surface area contributed by atoms with Crippen LogP contribution >= 0.6 is 7.82 Å². The summed E-state index contributed by atoms with van der Waals surface area (Å²) < 4.78 is 39.4. The smallest absolute Gasteiger partial charge is 0.462 e. The molecule has 0 bridgehead atoms. The van der Waals surface area contributed by atoms with Crippen LogP contribution in [0, 0.1) is 0 Å². The number of carbonyl (C=O) groups excluding carboxylic acids is 3. The first kappa shape index (κ1) is 71.4. The lowest BCUT2D eigenvalue weighted by Gasteiger charge is -2.21. The zero-order valence-corrected chi connectivity index (χ0v) is 48.0. The van der Waals surface area contributed by atoms with Crippen molar-refractivity contribution >= 4 is 25.7 Å². The number of carbonyl (C=O) groups is 3. The Balaban J connectivity index is 4.91. The van der Waals surface area contributed by atoms with Crippen LogP contribution in [0.2, 0.25) is 0 Å². The Morgan fingerprint density at radius 2 is 0.671 bits per heavy atom. The van der Waals surface area contributed by atoms with Gasteiger partial charge in [0.15, 0.2) is 6.10 Å². The molecule has 428 valence electrons. The van der Waals surface area contributed by atoms with Crippen LogP contribution in [0.25, 0.3) is 0 Å². The fourth-order valence-corrected chi connectivity index (χ4v) is 7.78. The lowest BCUT2D eigenvalue weighted by atomic mass is 10.1. The van der Waals surface area contributed by atoms with Gasteiger partial charge in [-0.25, -0.2) is 4.57 Å². The lowest BCUT2D eigenvalue weighted by molar-refractivity contribution is -0.161. The summed E-state index contributed by atoms with van der Waals surface area (Å²) in [4.78, 5) is 48.5. The number of rotatable bonds is 51. The van der Waals surface area contributed by atoms with E-state index < -0.39 is 57.8 Å². The molecule has 0 aliphatic rings. The van der Waals surface area contributed by atoms with Crippen molar-refractivity contribution in [2.24, 2.45) is 0 Å². The van der Waals surface area contributed by atoms with Gasteiger partial charge < -0.3 is 24.2 Å². The summed E-state index contributed by atoms with van der Waals surface area (Å²) in [7, 11) is -4.79. The van der Waals surface area contributed by atoms with Crippen molar-refractivity contribution < 1.29 is 52.2 Å². The standard InChI is InChI=1S/C64H101O11P/c1-4-7-10-13-16-19-22-25-27-29-30-32-34-37-40-43-46-49-52-55-64(68)75-61(57-71-62(66)53-50-47-44-41-38-36-33-31-28-26-23-20-17-14-11-8-5-2)59-73-76(69,70)72-58-60(56-65)74-63(67)54-51-48-45-42-39-35-24-21-18-15-12-9-6-3/h7-12,16-21,25-28,30,32,35,37,39-40,46,49,60-61,65H,4-6,13-15,22-24,29,31,33-34,36,38,41-45,47-48,50-59H2,1-3H3,(H,69,70)/b10-7-,11-8-,12-9-,19-16-,20-17-,21-18-,27-25-,28-26-,32-30-,39-35-,40-37-,49-46-. The topological polar surface area (TPSA) is 155 Å². The maximum absolute atomic E-state index is 12.9. The second-order valence-corrected chi connectivity index (χ2v) is 19.8. The molecular formula is C64H101O11P. The van der Waals surface area contributed by atoms with Gasteiger partial charge in [0.25, 0.3) is 0 Å². The summed E-state index contributed by atoms with van der Waals surface area (Å²) >= 11 is 0. The number of ether oxygens (including phenoxy) is 3. The number of allylic oxidation sites excluding steroid dienone is 24. The minimum atomic E-state index is -4.79. The number of aliphatic hydroxyl groups is 1. The molecule has 76 heavy (non-hydrogen) atoms. The van der Waals surface area contributed by atoms with Crippen molar-refractivity contribution in [2.45, 2.75) is 213 Å². The van der Waals surface area contributed by atoms with Gasteiger partial charge in [-0.15, -0.1) is 0 Å². The first-order chi connectivity index (χ1) is 37.2. The van der Waals surface area contributed by atoms with Crippen molar-refractivity contribution in [3.63, 3.8) is 0 Å². The van der Waals surface area contributed by atoms with E-state index in [0.29, 0.717) is 25.7 Å².